The highest BCUT2D eigenvalue weighted by Gasteiger charge is 2.13. The van der Waals surface area contributed by atoms with E-state index >= 15 is 0 Å². The van der Waals surface area contributed by atoms with Crippen LogP contribution in [0, 0.1) is 0 Å². The number of aromatic nitrogens is 2. The van der Waals surface area contributed by atoms with Gasteiger partial charge in [-0.25, -0.2) is 0 Å². The molecule has 5 heteroatoms. The zero-order valence-corrected chi connectivity index (χ0v) is 11.3. The summed E-state index contributed by atoms with van der Waals surface area (Å²) in [4.78, 5) is 13.8. The quantitative estimate of drug-likeness (QED) is 0.908. The van der Waals surface area contributed by atoms with Gasteiger partial charge in [-0.15, -0.1) is 0 Å². The highest BCUT2D eigenvalue weighted by atomic mass is 79.9. The fraction of sp³-hybridized carbons (Fsp3) is 0.700. The van der Waals surface area contributed by atoms with Gasteiger partial charge in [-0.2, -0.15) is 0 Å². The van der Waals surface area contributed by atoms with Crippen molar-refractivity contribution in [3.05, 3.63) is 20.5 Å². The summed E-state index contributed by atoms with van der Waals surface area (Å²) in [5.41, 5.74) is 0.999. The third kappa shape index (κ3) is 2.95. The lowest BCUT2D eigenvalue weighted by atomic mass is 10.1. The molecular weight excluding hydrogens is 258 g/mol. The molecular formula is C10H18BrN3O. The first kappa shape index (κ1) is 12.5. The average Bonchev–Trinajstić information content (AvgIpc) is 2.41. The van der Waals surface area contributed by atoms with Crippen LogP contribution in [-0.4, -0.2) is 35.3 Å². The summed E-state index contributed by atoms with van der Waals surface area (Å²) >= 11 is 3.33. The summed E-state index contributed by atoms with van der Waals surface area (Å²) in [5.74, 6) is 0.327. The zero-order valence-electron chi connectivity index (χ0n) is 9.67. The van der Waals surface area contributed by atoms with Crippen LogP contribution >= 0.6 is 15.9 Å². The van der Waals surface area contributed by atoms with Crippen molar-refractivity contribution in [2.45, 2.75) is 26.3 Å². The number of rotatable bonds is 4. The van der Waals surface area contributed by atoms with Gasteiger partial charge in [-0.3, -0.25) is 14.6 Å². The van der Waals surface area contributed by atoms with Gasteiger partial charge in [0.2, 0.25) is 0 Å². The highest BCUT2D eigenvalue weighted by Crippen LogP contribution is 2.18. The van der Waals surface area contributed by atoms with Crippen LogP contribution in [0.5, 0.6) is 0 Å². The molecule has 1 heterocycles. The molecule has 0 aliphatic heterocycles. The Balaban J connectivity index is 2.91. The van der Waals surface area contributed by atoms with Crippen molar-refractivity contribution < 1.29 is 0 Å². The maximum Gasteiger partial charge on any atom is 0.281 e. The number of aromatic amines is 1. The van der Waals surface area contributed by atoms with Crippen molar-refractivity contribution in [1.82, 2.24) is 14.7 Å². The fourth-order valence-corrected chi connectivity index (χ4v) is 2.08. The third-order valence-electron chi connectivity index (χ3n) is 2.27. The Morgan fingerprint density at radius 2 is 2.07 bits per heavy atom. The number of likely N-dealkylation sites (N-methyl/N-ethyl adjacent to an activating group) is 1. The van der Waals surface area contributed by atoms with E-state index in [0.717, 1.165) is 12.2 Å². The number of halogens is 1. The molecule has 0 saturated carbocycles. The molecule has 0 unspecified atom stereocenters. The summed E-state index contributed by atoms with van der Waals surface area (Å²) in [6.45, 7) is 5.67. The van der Waals surface area contributed by atoms with E-state index in [1.165, 1.54) is 0 Å². The summed E-state index contributed by atoms with van der Waals surface area (Å²) in [5, 5.41) is 3.14. The Morgan fingerprint density at radius 3 is 2.47 bits per heavy atom. The monoisotopic (exact) mass is 275 g/mol. The van der Waals surface area contributed by atoms with Gasteiger partial charge in [-0.1, -0.05) is 13.8 Å². The van der Waals surface area contributed by atoms with E-state index in [0.29, 0.717) is 16.9 Å². The minimum Gasteiger partial charge on any atom is -0.308 e. The predicted molar refractivity (Wildman–Crippen MR) is 65.4 cm³/mol. The molecule has 4 nitrogen and oxygen atoms in total. The molecule has 0 saturated heterocycles. The topological polar surface area (TPSA) is 41.0 Å². The maximum atomic E-state index is 11.8. The van der Waals surface area contributed by atoms with Crippen molar-refractivity contribution in [2.75, 3.05) is 20.6 Å². The summed E-state index contributed by atoms with van der Waals surface area (Å²) in [7, 11) is 3.98. The molecule has 1 aromatic heterocycles. The van der Waals surface area contributed by atoms with Gasteiger partial charge >= 0.3 is 0 Å². The van der Waals surface area contributed by atoms with Crippen LogP contribution in [0.4, 0.5) is 0 Å². The zero-order chi connectivity index (χ0) is 11.6. The second kappa shape index (κ2) is 4.99. The second-order valence-electron chi connectivity index (χ2n) is 4.25. The van der Waals surface area contributed by atoms with Crippen molar-refractivity contribution >= 4 is 15.9 Å². The van der Waals surface area contributed by atoms with Crippen LogP contribution < -0.4 is 5.56 Å². The van der Waals surface area contributed by atoms with Gasteiger partial charge in [0, 0.05) is 6.54 Å². The molecule has 0 atom stereocenters. The van der Waals surface area contributed by atoms with Crippen LogP contribution in [0.2, 0.25) is 0 Å². The van der Waals surface area contributed by atoms with Crippen LogP contribution in [0.25, 0.3) is 0 Å². The fourth-order valence-electron chi connectivity index (χ4n) is 1.32. The molecule has 15 heavy (non-hydrogen) atoms. The second-order valence-corrected chi connectivity index (χ2v) is 5.05. The van der Waals surface area contributed by atoms with Crippen LogP contribution in [0.1, 0.15) is 25.5 Å². The number of nitrogens with one attached hydrogen (secondary N) is 1. The van der Waals surface area contributed by atoms with Crippen LogP contribution in [-0.2, 0) is 6.54 Å². The van der Waals surface area contributed by atoms with Gasteiger partial charge in [0.1, 0.15) is 4.47 Å². The molecule has 0 amide bonds. The van der Waals surface area contributed by atoms with E-state index in [2.05, 4.69) is 39.8 Å². The number of H-pyrrole nitrogens is 1. The Labute approximate surface area is 98.4 Å². The van der Waals surface area contributed by atoms with E-state index < -0.39 is 0 Å². The lowest BCUT2D eigenvalue weighted by Gasteiger charge is -2.09. The summed E-state index contributed by atoms with van der Waals surface area (Å²) in [6, 6.07) is 0. The Bertz CT molecular complexity index is 379. The molecule has 1 rings (SSSR count). The Hall–Kier alpha value is -0.550. The first-order valence-electron chi connectivity index (χ1n) is 5.06. The molecule has 86 valence electrons. The standard InChI is InChI=1S/C10H18BrN3O/c1-7(2)9-8(11)10(15)14(12-9)6-5-13(3)4/h7,12H,5-6H2,1-4H3. The summed E-state index contributed by atoms with van der Waals surface area (Å²) < 4.78 is 2.32. The Morgan fingerprint density at radius 1 is 1.47 bits per heavy atom. The van der Waals surface area contributed by atoms with Crippen molar-refractivity contribution in [1.29, 1.82) is 0 Å². The lowest BCUT2D eigenvalue weighted by molar-refractivity contribution is 0.369. The molecule has 0 aliphatic rings. The van der Waals surface area contributed by atoms with Gasteiger partial charge in [-0.05, 0) is 35.9 Å². The first-order valence-corrected chi connectivity index (χ1v) is 5.85. The van der Waals surface area contributed by atoms with E-state index in [-0.39, 0.29) is 5.56 Å². The summed E-state index contributed by atoms with van der Waals surface area (Å²) in [6.07, 6.45) is 0. The van der Waals surface area contributed by atoms with Gasteiger partial charge < -0.3 is 4.90 Å². The van der Waals surface area contributed by atoms with E-state index in [1.54, 1.807) is 4.68 Å². The normalized spacial score (nSPS) is 11.7. The smallest absolute Gasteiger partial charge is 0.281 e. The average molecular weight is 276 g/mol. The molecule has 0 spiro atoms. The van der Waals surface area contributed by atoms with Crippen LogP contribution in [0.15, 0.2) is 9.27 Å². The van der Waals surface area contributed by atoms with Crippen molar-refractivity contribution in [3.8, 4) is 0 Å². The predicted octanol–water partition coefficient (Wildman–Crippen LogP) is 1.62. The molecule has 1 N–H and O–H groups in total. The number of nitrogens with zero attached hydrogens (tertiary/aromatic N) is 2. The highest BCUT2D eigenvalue weighted by molar-refractivity contribution is 9.10. The van der Waals surface area contributed by atoms with E-state index in [1.807, 2.05) is 14.1 Å². The largest absolute Gasteiger partial charge is 0.308 e. The number of hydrogen-bond acceptors (Lipinski definition) is 2. The Kier molecular flexibility index (Phi) is 4.16. The molecule has 0 aliphatic carbocycles. The van der Waals surface area contributed by atoms with Crippen LogP contribution in [0.3, 0.4) is 0 Å². The molecule has 1 aromatic rings. The third-order valence-corrected chi connectivity index (χ3v) is 3.04. The van der Waals surface area contributed by atoms with Gasteiger partial charge in [0.05, 0.1) is 12.2 Å². The maximum absolute atomic E-state index is 11.8. The molecule has 0 fully saturated rings. The minimum absolute atomic E-state index is 0.0283. The SMILES string of the molecule is CC(C)c1[nH]n(CCN(C)C)c(=O)c1Br. The molecule has 0 radical (unpaired) electrons. The minimum atomic E-state index is 0.0283. The van der Waals surface area contributed by atoms with Gasteiger partial charge in [0.15, 0.2) is 0 Å². The van der Waals surface area contributed by atoms with Gasteiger partial charge in [0.25, 0.3) is 5.56 Å². The first-order chi connectivity index (χ1) is 6.93. The number of hydrogen-bond donors (Lipinski definition) is 1. The van der Waals surface area contributed by atoms with Crippen molar-refractivity contribution in [2.24, 2.45) is 0 Å². The molecule has 0 bridgehead atoms. The van der Waals surface area contributed by atoms with Crippen molar-refractivity contribution in [3.63, 3.8) is 0 Å². The lowest BCUT2D eigenvalue weighted by Crippen LogP contribution is -2.25. The van der Waals surface area contributed by atoms with E-state index in [4.69, 9.17) is 0 Å². The van der Waals surface area contributed by atoms with E-state index in [9.17, 15) is 4.79 Å². The molecule has 0 aromatic carbocycles.